The van der Waals surface area contributed by atoms with Gasteiger partial charge in [0.1, 0.15) is 0 Å². The standard InChI is InChI=1S/C14H18O4/c1-4-17-13(15)11-7-5-6-8-12(11)14(16)18-9-10(2)3/h5-8,10H,4,9H2,1-3H3. The van der Waals surface area contributed by atoms with Gasteiger partial charge < -0.3 is 9.47 Å². The van der Waals surface area contributed by atoms with Crippen LogP contribution in [0.15, 0.2) is 24.3 Å². The van der Waals surface area contributed by atoms with E-state index in [0.29, 0.717) is 6.61 Å². The van der Waals surface area contributed by atoms with Gasteiger partial charge in [-0.25, -0.2) is 9.59 Å². The number of carbonyl (C=O) groups is 2. The molecule has 0 saturated carbocycles. The Hall–Kier alpha value is -1.84. The van der Waals surface area contributed by atoms with E-state index < -0.39 is 11.9 Å². The zero-order valence-corrected chi connectivity index (χ0v) is 10.9. The lowest BCUT2D eigenvalue weighted by atomic mass is 10.1. The molecule has 0 radical (unpaired) electrons. The van der Waals surface area contributed by atoms with E-state index in [4.69, 9.17) is 9.47 Å². The van der Waals surface area contributed by atoms with Crippen LogP contribution in [0, 0.1) is 5.92 Å². The van der Waals surface area contributed by atoms with Gasteiger partial charge in [-0.15, -0.1) is 0 Å². The van der Waals surface area contributed by atoms with E-state index in [1.54, 1.807) is 31.2 Å². The van der Waals surface area contributed by atoms with Crippen LogP contribution < -0.4 is 0 Å². The lowest BCUT2D eigenvalue weighted by Gasteiger charge is -2.10. The second-order valence-electron chi connectivity index (χ2n) is 4.26. The van der Waals surface area contributed by atoms with E-state index in [-0.39, 0.29) is 23.7 Å². The molecule has 0 N–H and O–H groups in total. The fourth-order valence-corrected chi connectivity index (χ4v) is 1.37. The van der Waals surface area contributed by atoms with Gasteiger partial charge in [0.2, 0.25) is 0 Å². The average molecular weight is 250 g/mol. The first-order chi connectivity index (χ1) is 8.56. The molecule has 0 amide bonds. The van der Waals surface area contributed by atoms with E-state index in [2.05, 4.69) is 0 Å². The molecular weight excluding hydrogens is 232 g/mol. The highest BCUT2D eigenvalue weighted by Crippen LogP contribution is 2.12. The van der Waals surface area contributed by atoms with Gasteiger partial charge in [0, 0.05) is 0 Å². The fraction of sp³-hybridized carbons (Fsp3) is 0.429. The highest BCUT2D eigenvalue weighted by atomic mass is 16.5. The first-order valence-corrected chi connectivity index (χ1v) is 5.99. The molecule has 1 aromatic rings. The average Bonchev–Trinajstić information content (AvgIpc) is 2.36. The normalized spacial score (nSPS) is 10.2. The largest absolute Gasteiger partial charge is 0.462 e. The number of hydrogen-bond donors (Lipinski definition) is 0. The summed E-state index contributed by atoms with van der Waals surface area (Å²) in [6, 6.07) is 6.50. The summed E-state index contributed by atoms with van der Waals surface area (Å²) in [5.74, 6) is -0.745. The molecule has 4 heteroatoms. The maximum atomic E-state index is 11.8. The van der Waals surface area contributed by atoms with E-state index in [9.17, 15) is 9.59 Å². The van der Waals surface area contributed by atoms with Gasteiger partial charge in [0.05, 0.1) is 24.3 Å². The summed E-state index contributed by atoms with van der Waals surface area (Å²) in [4.78, 5) is 23.5. The van der Waals surface area contributed by atoms with Gasteiger partial charge in [-0.1, -0.05) is 26.0 Å². The predicted molar refractivity (Wildman–Crippen MR) is 67.5 cm³/mol. The molecule has 1 rings (SSSR count). The van der Waals surface area contributed by atoms with Gasteiger partial charge in [-0.2, -0.15) is 0 Å². The number of hydrogen-bond acceptors (Lipinski definition) is 4. The topological polar surface area (TPSA) is 52.6 Å². The smallest absolute Gasteiger partial charge is 0.339 e. The molecule has 0 aliphatic heterocycles. The maximum Gasteiger partial charge on any atom is 0.339 e. The van der Waals surface area contributed by atoms with Crippen molar-refractivity contribution in [1.82, 2.24) is 0 Å². The molecule has 0 aliphatic rings. The summed E-state index contributed by atoms with van der Waals surface area (Å²) in [5.41, 5.74) is 0.490. The van der Waals surface area contributed by atoms with Crippen LogP contribution >= 0.6 is 0 Å². The number of carbonyl (C=O) groups excluding carboxylic acids is 2. The molecule has 0 bridgehead atoms. The van der Waals surface area contributed by atoms with Crippen molar-refractivity contribution in [2.45, 2.75) is 20.8 Å². The van der Waals surface area contributed by atoms with E-state index >= 15 is 0 Å². The van der Waals surface area contributed by atoms with Crippen LogP contribution in [0.5, 0.6) is 0 Å². The molecule has 0 atom stereocenters. The van der Waals surface area contributed by atoms with Gasteiger partial charge in [-0.3, -0.25) is 0 Å². The quantitative estimate of drug-likeness (QED) is 0.754. The second kappa shape index (κ2) is 6.79. The van der Waals surface area contributed by atoms with Crippen molar-refractivity contribution in [2.24, 2.45) is 5.92 Å². The van der Waals surface area contributed by atoms with E-state index in [1.165, 1.54) is 0 Å². The Morgan fingerprint density at radius 2 is 1.56 bits per heavy atom. The number of ether oxygens (including phenoxy) is 2. The molecule has 0 spiro atoms. The molecule has 18 heavy (non-hydrogen) atoms. The summed E-state index contributed by atoms with van der Waals surface area (Å²) < 4.78 is 10.0. The third-order valence-electron chi connectivity index (χ3n) is 2.19. The first kappa shape index (κ1) is 14.2. The number of benzene rings is 1. The van der Waals surface area contributed by atoms with Crippen molar-refractivity contribution in [2.75, 3.05) is 13.2 Å². The predicted octanol–water partition coefficient (Wildman–Crippen LogP) is 2.68. The van der Waals surface area contributed by atoms with Crippen LogP contribution in [0.25, 0.3) is 0 Å². The molecule has 1 aromatic carbocycles. The molecule has 0 saturated heterocycles. The van der Waals surface area contributed by atoms with Crippen LogP contribution in [0.1, 0.15) is 41.5 Å². The lowest BCUT2D eigenvalue weighted by molar-refractivity contribution is 0.0435. The second-order valence-corrected chi connectivity index (χ2v) is 4.26. The summed E-state index contributed by atoms with van der Waals surface area (Å²) in [5, 5.41) is 0. The Morgan fingerprint density at radius 1 is 1.06 bits per heavy atom. The Kier molecular flexibility index (Phi) is 5.36. The molecule has 0 aliphatic carbocycles. The van der Waals surface area contributed by atoms with Crippen LogP contribution in [-0.2, 0) is 9.47 Å². The minimum atomic E-state index is -0.505. The highest BCUT2D eigenvalue weighted by Gasteiger charge is 2.18. The van der Waals surface area contributed by atoms with Gasteiger partial charge in [0.15, 0.2) is 0 Å². The lowest BCUT2D eigenvalue weighted by Crippen LogP contribution is -2.15. The number of rotatable bonds is 5. The Bertz CT molecular complexity index is 424. The highest BCUT2D eigenvalue weighted by molar-refractivity contribution is 6.03. The maximum absolute atomic E-state index is 11.8. The van der Waals surface area contributed by atoms with Gasteiger partial charge in [0.25, 0.3) is 0 Å². The van der Waals surface area contributed by atoms with E-state index in [1.807, 2.05) is 13.8 Å². The minimum absolute atomic E-state index is 0.244. The van der Waals surface area contributed by atoms with Crippen molar-refractivity contribution in [3.63, 3.8) is 0 Å². The van der Waals surface area contributed by atoms with E-state index in [0.717, 1.165) is 0 Å². The molecule has 4 nitrogen and oxygen atoms in total. The summed E-state index contributed by atoms with van der Waals surface area (Å²) in [6.45, 7) is 6.22. The van der Waals surface area contributed by atoms with Crippen molar-refractivity contribution < 1.29 is 19.1 Å². The van der Waals surface area contributed by atoms with Crippen LogP contribution in [0.3, 0.4) is 0 Å². The zero-order valence-electron chi connectivity index (χ0n) is 10.9. The van der Waals surface area contributed by atoms with Crippen molar-refractivity contribution in [3.05, 3.63) is 35.4 Å². The Labute approximate surface area is 107 Å². The molecular formula is C14H18O4. The molecule has 0 aromatic heterocycles. The molecule has 0 unspecified atom stereocenters. The summed E-state index contributed by atoms with van der Waals surface area (Å²) in [7, 11) is 0. The number of esters is 2. The Balaban J connectivity index is 2.87. The fourth-order valence-electron chi connectivity index (χ4n) is 1.37. The molecule has 98 valence electrons. The molecule has 0 heterocycles. The summed E-state index contributed by atoms with van der Waals surface area (Å²) >= 11 is 0. The van der Waals surface area contributed by atoms with Crippen molar-refractivity contribution in [3.8, 4) is 0 Å². The SMILES string of the molecule is CCOC(=O)c1ccccc1C(=O)OCC(C)C. The third-order valence-corrected chi connectivity index (χ3v) is 2.19. The van der Waals surface area contributed by atoms with Crippen molar-refractivity contribution >= 4 is 11.9 Å². The zero-order chi connectivity index (χ0) is 13.5. The third kappa shape index (κ3) is 3.87. The monoisotopic (exact) mass is 250 g/mol. The Morgan fingerprint density at radius 3 is 2.00 bits per heavy atom. The summed E-state index contributed by atoms with van der Waals surface area (Å²) in [6.07, 6.45) is 0. The van der Waals surface area contributed by atoms with Gasteiger partial charge >= 0.3 is 11.9 Å². The van der Waals surface area contributed by atoms with Crippen molar-refractivity contribution in [1.29, 1.82) is 0 Å². The first-order valence-electron chi connectivity index (χ1n) is 5.99. The van der Waals surface area contributed by atoms with Gasteiger partial charge in [-0.05, 0) is 25.0 Å². The van der Waals surface area contributed by atoms with Crippen LogP contribution in [0.4, 0.5) is 0 Å². The van der Waals surface area contributed by atoms with Crippen LogP contribution in [0.2, 0.25) is 0 Å². The minimum Gasteiger partial charge on any atom is -0.462 e. The molecule has 0 fully saturated rings. The van der Waals surface area contributed by atoms with Crippen LogP contribution in [-0.4, -0.2) is 25.2 Å².